The molecule has 0 heterocycles. The minimum atomic E-state index is -0.692. The fraction of sp³-hybridized carbons (Fsp3) is 0.364. The molecule has 0 spiro atoms. The first-order valence-electron chi connectivity index (χ1n) is 4.96. The van der Waals surface area contributed by atoms with Crippen molar-refractivity contribution in [2.45, 2.75) is 19.9 Å². The number of rotatable bonds is 3. The van der Waals surface area contributed by atoms with E-state index in [4.69, 9.17) is 5.73 Å². The van der Waals surface area contributed by atoms with E-state index in [9.17, 15) is 14.3 Å². The molecule has 0 radical (unpaired) electrons. The zero-order valence-electron chi connectivity index (χ0n) is 9.61. The van der Waals surface area contributed by atoms with Gasteiger partial charge in [-0.25, -0.2) is 4.39 Å². The second-order valence-corrected chi connectivity index (χ2v) is 3.92. The molecular weight excluding hydrogens is 247 g/mol. The van der Waals surface area contributed by atoms with Crippen LogP contribution in [0.5, 0.6) is 5.75 Å². The number of amides is 1. The van der Waals surface area contributed by atoms with Crippen LogP contribution in [0, 0.1) is 11.7 Å². The average Bonchev–Trinajstić information content (AvgIpc) is 2.22. The Kier molecular flexibility index (Phi) is 5.91. The molecular formula is C11H16ClFN2O2. The molecule has 0 aliphatic carbocycles. The van der Waals surface area contributed by atoms with Crippen LogP contribution in [-0.4, -0.2) is 17.1 Å². The summed E-state index contributed by atoms with van der Waals surface area (Å²) in [5.74, 6) is -1.21. The van der Waals surface area contributed by atoms with E-state index in [2.05, 4.69) is 5.32 Å². The molecule has 1 atom stereocenters. The van der Waals surface area contributed by atoms with E-state index < -0.39 is 17.8 Å². The number of nitrogens with two attached hydrogens (primary N) is 1. The lowest BCUT2D eigenvalue weighted by atomic mass is 10.0. The topological polar surface area (TPSA) is 75.4 Å². The van der Waals surface area contributed by atoms with Gasteiger partial charge in [0.25, 0.3) is 0 Å². The van der Waals surface area contributed by atoms with Crippen molar-refractivity contribution in [2.75, 3.05) is 5.32 Å². The predicted molar refractivity (Wildman–Crippen MR) is 66.8 cm³/mol. The van der Waals surface area contributed by atoms with Gasteiger partial charge in [-0.3, -0.25) is 4.79 Å². The molecule has 1 amide bonds. The number of carbonyl (C=O) groups excluding carboxylic acids is 1. The van der Waals surface area contributed by atoms with Crippen molar-refractivity contribution < 1.29 is 14.3 Å². The molecule has 6 heteroatoms. The van der Waals surface area contributed by atoms with E-state index in [1.807, 2.05) is 0 Å². The fourth-order valence-corrected chi connectivity index (χ4v) is 1.13. The average molecular weight is 263 g/mol. The molecule has 96 valence electrons. The molecule has 4 N–H and O–H groups in total. The Hall–Kier alpha value is -1.33. The van der Waals surface area contributed by atoms with E-state index >= 15 is 0 Å². The summed E-state index contributed by atoms with van der Waals surface area (Å²) >= 11 is 0. The van der Waals surface area contributed by atoms with Gasteiger partial charge in [0, 0.05) is 6.07 Å². The van der Waals surface area contributed by atoms with Crippen molar-refractivity contribution in [3.8, 4) is 5.75 Å². The van der Waals surface area contributed by atoms with E-state index in [1.165, 1.54) is 6.07 Å². The van der Waals surface area contributed by atoms with Gasteiger partial charge in [0.05, 0.1) is 11.7 Å². The summed E-state index contributed by atoms with van der Waals surface area (Å²) in [5, 5.41) is 11.8. The number of phenolic OH excluding ortho intramolecular Hbond substituents is 1. The van der Waals surface area contributed by atoms with Crippen molar-refractivity contribution in [3.05, 3.63) is 24.0 Å². The maximum absolute atomic E-state index is 12.9. The molecule has 1 aromatic rings. The van der Waals surface area contributed by atoms with Crippen molar-refractivity contribution in [3.63, 3.8) is 0 Å². The highest BCUT2D eigenvalue weighted by molar-refractivity contribution is 5.96. The minimum absolute atomic E-state index is 0. The molecule has 0 unspecified atom stereocenters. The fourth-order valence-electron chi connectivity index (χ4n) is 1.13. The maximum Gasteiger partial charge on any atom is 0.241 e. The first-order valence-corrected chi connectivity index (χ1v) is 4.96. The Labute approximate surface area is 105 Å². The third-order valence-electron chi connectivity index (χ3n) is 2.24. The van der Waals surface area contributed by atoms with Crippen LogP contribution in [0.1, 0.15) is 13.8 Å². The molecule has 4 nitrogen and oxygen atoms in total. The molecule has 0 bridgehead atoms. The van der Waals surface area contributed by atoms with Crippen molar-refractivity contribution in [1.82, 2.24) is 0 Å². The number of benzene rings is 1. The molecule has 0 aromatic heterocycles. The van der Waals surface area contributed by atoms with E-state index in [0.717, 1.165) is 12.1 Å². The smallest absolute Gasteiger partial charge is 0.241 e. The molecule has 1 rings (SSSR count). The number of hydrogen-bond acceptors (Lipinski definition) is 3. The van der Waals surface area contributed by atoms with Gasteiger partial charge in [-0.1, -0.05) is 13.8 Å². The largest absolute Gasteiger partial charge is 0.506 e. The van der Waals surface area contributed by atoms with E-state index in [-0.39, 0.29) is 29.8 Å². The van der Waals surface area contributed by atoms with Gasteiger partial charge in [0.15, 0.2) is 0 Å². The standard InChI is InChI=1S/C11H15FN2O2.ClH/c1-6(2)10(13)11(16)14-8-5-7(12)3-4-9(8)15;/h3-6,10,15H,13H2,1-2H3,(H,14,16);1H/t10-;/m0./s1. The zero-order valence-corrected chi connectivity index (χ0v) is 10.4. The molecule has 0 saturated heterocycles. The van der Waals surface area contributed by atoms with Crippen molar-refractivity contribution >= 4 is 24.0 Å². The van der Waals surface area contributed by atoms with Crippen LogP contribution >= 0.6 is 12.4 Å². The van der Waals surface area contributed by atoms with Gasteiger partial charge in [0.1, 0.15) is 11.6 Å². The lowest BCUT2D eigenvalue weighted by Gasteiger charge is -2.15. The van der Waals surface area contributed by atoms with Gasteiger partial charge >= 0.3 is 0 Å². The lowest BCUT2D eigenvalue weighted by molar-refractivity contribution is -0.118. The Balaban J connectivity index is 0.00000256. The van der Waals surface area contributed by atoms with Crippen LogP contribution in [0.3, 0.4) is 0 Å². The zero-order chi connectivity index (χ0) is 12.3. The normalized spacial score (nSPS) is 11.8. The summed E-state index contributed by atoms with van der Waals surface area (Å²) in [5.41, 5.74) is 5.64. The van der Waals surface area contributed by atoms with Gasteiger partial charge in [-0.15, -0.1) is 12.4 Å². The molecule has 0 saturated carbocycles. The Morgan fingerprint density at radius 3 is 2.59 bits per heavy atom. The van der Waals surface area contributed by atoms with Crippen LogP contribution in [0.4, 0.5) is 10.1 Å². The van der Waals surface area contributed by atoms with Crippen molar-refractivity contribution in [2.24, 2.45) is 11.7 Å². The number of phenols is 1. The highest BCUT2D eigenvalue weighted by Crippen LogP contribution is 2.23. The number of carbonyl (C=O) groups is 1. The number of anilines is 1. The number of hydrogen-bond donors (Lipinski definition) is 3. The summed E-state index contributed by atoms with van der Waals surface area (Å²) in [7, 11) is 0. The maximum atomic E-state index is 12.9. The second kappa shape index (κ2) is 6.42. The quantitative estimate of drug-likeness (QED) is 0.728. The second-order valence-electron chi connectivity index (χ2n) is 3.92. The Bertz CT molecular complexity index is 399. The van der Waals surface area contributed by atoms with Crippen LogP contribution < -0.4 is 11.1 Å². The van der Waals surface area contributed by atoms with Gasteiger partial charge in [-0.2, -0.15) is 0 Å². The lowest BCUT2D eigenvalue weighted by Crippen LogP contribution is -2.39. The SMILES string of the molecule is CC(C)[C@H](N)C(=O)Nc1cc(F)ccc1O.Cl. The molecule has 17 heavy (non-hydrogen) atoms. The van der Waals surface area contributed by atoms with Gasteiger partial charge in [-0.05, 0) is 18.1 Å². The van der Waals surface area contributed by atoms with Crippen LogP contribution in [0.25, 0.3) is 0 Å². The van der Waals surface area contributed by atoms with Crippen LogP contribution in [0.15, 0.2) is 18.2 Å². The Morgan fingerprint density at radius 1 is 1.47 bits per heavy atom. The molecule has 1 aromatic carbocycles. The number of halogens is 2. The van der Waals surface area contributed by atoms with Crippen molar-refractivity contribution in [1.29, 1.82) is 0 Å². The minimum Gasteiger partial charge on any atom is -0.506 e. The summed E-state index contributed by atoms with van der Waals surface area (Å²) in [6.45, 7) is 3.60. The summed E-state index contributed by atoms with van der Waals surface area (Å²) < 4.78 is 12.9. The first-order chi connectivity index (χ1) is 7.41. The highest BCUT2D eigenvalue weighted by Gasteiger charge is 2.18. The first kappa shape index (κ1) is 15.7. The highest BCUT2D eigenvalue weighted by atomic mass is 35.5. The summed E-state index contributed by atoms with van der Waals surface area (Å²) in [6, 6.07) is 2.63. The van der Waals surface area contributed by atoms with Gasteiger partial charge in [0.2, 0.25) is 5.91 Å². The van der Waals surface area contributed by atoms with E-state index in [0.29, 0.717) is 0 Å². The summed E-state index contributed by atoms with van der Waals surface area (Å²) in [4.78, 5) is 11.5. The summed E-state index contributed by atoms with van der Waals surface area (Å²) in [6.07, 6.45) is 0. The van der Waals surface area contributed by atoms with E-state index in [1.54, 1.807) is 13.8 Å². The molecule has 0 aliphatic rings. The van der Waals surface area contributed by atoms with Crippen LogP contribution in [0.2, 0.25) is 0 Å². The monoisotopic (exact) mass is 262 g/mol. The Morgan fingerprint density at radius 2 is 2.06 bits per heavy atom. The van der Waals surface area contributed by atoms with Crippen LogP contribution in [-0.2, 0) is 4.79 Å². The number of nitrogens with one attached hydrogen (secondary N) is 1. The third-order valence-corrected chi connectivity index (χ3v) is 2.24. The number of aromatic hydroxyl groups is 1. The van der Waals surface area contributed by atoms with Gasteiger partial charge < -0.3 is 16.2 Å². The molecule has 0 fully saturated rings. The predicted octanol–water partition coefficient (Wildman–Crippen LogP) is 1.87. The molecule has 0 aliphatic heterocycles. The third kappa shape index (κ3) is 4.20.